The first-order valence-electron chi connectivity index (χ1n) is 7.64. The van der Waals surface area contributed by atoms with E-state index < -0.39 is 16.8 Å². The zero-order chi connectivity index (χ0) is 14.9. The van der Waals surface area contributed by atoms with Gasteiger partial charge in [-0.3, -0.25) is 0 Å². The molecule has 0 unspecified atom stereocenters. The van der Waals surface area contributed by atoms with Crippen molar-refractivity contribution in [2.24, 2.45) is 0 Å². The zero-order valence-corrected chi connectivity index (χ0v) is 15.2. The van der Waals surface area contributed by atoms with E-state index in [9.17, 15) is 0 Å². The second-order valence-corrected chi connectivity index (χ2v) is 9.84. The highest BCUT2D eigenvalue weighted by Gasteiger charge is 2.37. The Balaban J connectivity index is 1.72. The Bertz CT molecular complexity index is 268. The van der Waals surface area contributed by atoms with Crippen molar-refractivity contribution in [2.75, 3.05) is 0 Å². The van der Waals surface area contributed by atoms with E-state index in [-0.39, 0.29) is 24.4 Å². The summed E-state index contributed by atoms with van der Waals surface area (Å²) in [5.41, 5.74) is 0.958. The van der Waals surface area contributed by atoms with Gasteiger partial charge in [0.1, 0.15) is 0 Å². The monoisotopic (exact) mass is 322 g/mol. The molecule has 0 aliphatic carbocycles. The molecule has 118 valence electrons. The molecule has 2 aliphatic heterocycles. The van der Waals surface area contributed by atoms with E-state index in [2.05, 4.69) is 41.5 Å². The maximum absolute atomic E-state index is 5.91. The van der Waals surface area contributed by atoms with E-state index in [0.29, 0.717) is 11.3 Å². The minimum absolute atomic E-state index is 0.230. The lowest BCUT2D eigenvalue weighted by atomic mass is 10.2. The quantitative estimate of drug-likeness (QED) is 0.680. The maximum Gasteiger partial charge on any atom is 0.174 e. The van der Waals surface area contributed by atoms with E-state index in [1.54, 1.807) is 0 Å². The van der Waals surface area contributed by atoms with Crippen molar-refractivity contribution in [3.8, 4) is 0 Å². The molecule has 0 aromatic heterocycles. The lowest BCUT2D eigenvalue weighted by molar-refractivity contribution is 0.187. The fraction of sp³-hybridized carbons (Fsp3) is 1.00. The van der Waals surface area contributed by atoms with Gasteiger partial charge in [0.2, 0.25) is 0 Å². The summed E-state index contributed by atoms with van der Waals surface area (Å²) in [6, 6.07) is 0. The van der Waals surface area contributed by atoms with Crippen LogP contribution in [0, 0.1) is 0 Å². The highest BCUT2D eigenvalue weighted by molar-refractivity contribution is 7.48. The van der Waals surface area contributed by atoms with Crippen molar-refractivity contribution in [2.45, 2.75) is 90.1 Å². The Kier molecular flexibility index (Phi) is 6.23. The summed E-state index contributed by atoms with van der Waals surface area (Å²) < 4.78 is 23.7. The van der Waals surface area contributed by atoms with E-state index in [1.807, 2.05) is 0 Å². The Morgan fingerprint density at radius 1 is 0.650 bits per heavy atom. The molecule has 0 aromatic carbocycles. The van der Waals surface area contributed by atoms with Crippen molar-refractivity contribution in [1.82, 2.24) is 0 Å². The molecule has 2 saturated heterocycles. The van der Waals surface area contributed by atoms with Crippen molar-refractivity contribution in [3.63, 3.8) is 0 Å². The maximum atomic E-state index is 5.91. The van der Waals surface area contributed by atoms with Crippen molar-refractivity contribution >= 4 is 16.8 Å². The largest absolute Gasteiger partial charge is 0.328 e. The standard InChI is InChI=1S/C14H28O4P2/c1-9(19-15-11(3)12(4)16-19)7-8-10(2)20-17-13(5)14(6)18-20/h9-14H,7-8H2,1-6H3/t9-,10-,11-,12-,13-,14-/m1/s1. The summed E-state index contributed by atoms with van der Waals surface area (Å²) in [5.74, 6) is 0. The minimum Gasteiger partial charge on any atom is -0.328 e. The van der Waals surface area contributed by atoms with Gasteiger partial charge < -0.3 is 18.1 Å². The van der Waals surface area contributed by atoms with Crippen molar-refractivity contribution < 1.29 is 18.1 Å². The van der Waals surface area contributed by atoms with Gasteiger partial charge >= 0.3 is 0 Å². The van der Waals surface area contributed by atoms with Crippen molar-refractivity contribution in [3.05, 3.63) is 0 Å². The average Bonchev–Trinajstić information content (AvgIpc) is 2.91. The molecule has 6 heteroatoms. The van der Waals surface area contributed by atoms with E-state index in [1.165, 1.54) is 0 Å². The number of rotatable bonds is 5. The summed E-state index contributed by atoms with van der Waals surface area (Å²) in [7, 11) is -1.44. The summed E-state index contributed by atoms with van der Waals surface area (Å²) in [6.07, 6.45) is 3.14. The van der Waals surface area contributed by atoms with E-state index in [0.717, 1.165) is 12.8 Å². The van der Waals surface area contributed by atoms with Crippen LogP contribution >= 0.6 is 16.8 Å². The van der Waals surface area contributed by atoms with Crippen LogP contribution < -0.4 is 0 Å². The van der Waals surface area contributed by atoms with Gasteiger partial charge in [0.05, 0.1) is 24.4 Å². The smallest absolute Gasteiger partial charge is 0.174 e. The van der Waals surface area contributed by atoms with Crippen LogP contribution in [0.1, 0.15) is 54.4 Å². The van der Waals surface area contributed by atoms with E-state index in [4.69, 9.17) is 18.1 Å². The third-order valence-electron chi connectivity index (χ3n) is 4.12. The summed E-state index contributed by atoms with van der Waals surface area (Å²) in [6.45, 7) is 12.8. The molecule has 2 rings (SSSR count). The molecule has 0 aromatic rings. The number of hydrogen-bond donors (Lipinski definition) is 0. The Morgan fingerprint density at radius 2 is 0.900 bits per heavy atom. The average molecular weight is 322 g/mol. The van der Waals surface area contributed by atoms with E-state index >= 15 is 0 Å². The van der Waals surface area contributed by atoms with Crippen LogP contribution in [-0.4, -0.2) is 35.7 Å². The third-order valence-corrected chi connectivity index (χ3v) is 8.24. The molecule has 2 aliphatic rings. The van der Waals surface area contributed by atoms with Crippen molar-refractivity contribution in [1.29, 1.82) is 0 Å². The highest BCUT2D eigenvalue weighted by atomic mass is 31.2. The molecular formula is C14H28O4P2. The lowest BCUT2D eigenvalue weighted by Crippen LogP contribution is -2.13. The van der Waals surface area contributed by atoms with Crippen LogP contribution in [0.15, 0.2) is 0 Å². The van der Waals surface area contributed by atoms with Gasteiger partial charge in [0.15, 0.2) is 16.8 Å². The molecule has 4 nitrogen and oxygen atoms in total. The second-order valence-electron chi connectivity index (χ2n) is 6.09. The molecule has 0 N–H and O–H groups in total. The molecule has 20 heavy (non-hydrogen) atoms. The molecule has 0 saturated carbocycles. The van der Waals surface area contributed by atoms with Gasteiger partial charge in [-0.05, 0) is 40.5 Å². The van der Waals surface area contributed by atoms with Gasteiger partial charge in [0.25, 0.3) is 0 Å². The number of hydrogen-bond acceptors (Lipinski definition) is 4. The molecule has 0 spiro atoms. The fourth-order valence-corrected chi connectivity index (χ4v) is 5.80. The second kappa shape index (κ2) is 7.31. The predicted molar refractivity (Wildman–Crippen MR) is 84.2 cm³/mol. The molecule has 0 radical (unpaired) electrons. The molecule has 6 atom stereocenters. The fourth-order valence-electron chi connectivity index (χ4n) is 2.16. The summed E-state index contributed by atoms with van der Waals surface area (Å²) in [4.78, 5) is 0. The molecule has 2 heterocycles. The molecular weight excluding hydrogens is 294 g/mol. The van der Waals surface area contributed by atoms with Gasteiger partial charge in [-0.25, -0.2) is 0 Å². The first kappa shape index (κ1) is 17.1. The highest BCUT2D eigenvalue weighted by Crippen LogP contribution is 2.56. The van der Waals surface area contributed by atoms with Crippen LogP contribution in [0.3, 0.4) is 0 Å². The molecule has 0 amide bonds. The lowest BCUT2D eigenvalue weighted by Gasteiger charge is -2.21. The van der Waals surface area contributed by atoms with Gasteiger partial charge in [-0.15, -0.1) is 0 Å². The van der Waals surface area contributed by atoms with Crippen LogP contribution in [0.5, 0.6) is 0 Å². The van der Waals surface area contributed by atoms with Crippen LogP contribution in [-0.2, 0) is 18.1 Å². The summed E-state index contributed by atoms with van der Waals surface area (Å²) in [5, 5.41) is 0. The Morgan fingerprint density at radius 3 is 1.15 bits per heavy atom. The Labute approximate surface area is 125 Å². The van der Waals surface area contributed by atoms with Crippen LogP contribution in [0.2, 0.25) is 0 Å². The predicted octanol–water partition coefficient (Wildman–Crippen LogP) is 4.82. The Hall–Kier alpha value is 0.700. The van der Waals surface area contributed by atoms with Gasteiger partial charge in [-0.2, -0.15) is 0 Å². The minimum atomic E-state index is -0.720. The SMILES string of the molecule is C[C@H](CC[C@@H](C)P1O[C@H](C)[C@@H](C)O1)P1O[C@H](C)[C@@H](C)O1. The van der Waals surface area contributed by atoms with Crippen LogP contribution in [0.25, 0.3) is 0 Å². The molecule has 0 bridgehead atoms. The first-order chi connectivity index (χ1) is 9.38. The van der Waals surface area contributed by atoms with Gasteiger partial charge in [-0.1, -0.05) is 13.8 Å². The van der Waals surface area contributed by atoms with Crippen LogP contribution in [0.4, 0.5) is 0 Å². The normalized spacial score (nSPS) is 39.3. The first-order valence-corrected chi connectivity index (χ1v) is 10.1. The van der Waals surface area contributed by atoms with Gasteiger partial charge in [0, 0.05) is 11.3 Å². The topological polar surface area (TPSA) is 36.9 Å². The molecule has 2 fully saturated rings. The zero-order valence-electron chi connectivity index (χ0n) is 13.4. The third kappa shape index (κ3) is 4.12. The summed E-state index contributed by atoms with van der Waals surface area (Å²) >= 11 is 0.